The number of nitrogens with zero attached hydrogens (tertiary/aromatic N) is 1. The van der Waals surface area contributed by atoms with Crippen LogP contribution in [-0.2, 0) is 0 Å². The van der Waals surface area contributed by atoms with Crippen molar-refractivity contribution in [1.82, 2.24) is 4.90 Å². The molecule has 13 heavy (non-hydrogen) atoms. The van der Waals surface area contributed by atoms with Gasteiger partial charge in [-0.1, -0.05) is 6.92 Å². The normalized spacial score (nSPS) is 10.1. The summed E-state index contributed by atoms with van der Waals surface area (Å²) in [7, 11) is 1.83. The molecule has 2 nitrogen and oxygen atoms in total. The summed E-state index contributed by atoms with van der Waals surface area (Å²) in [6.45, 7) is 2.87. The fraction of sp³-hybridized carbons (Fsp3) is 0.444. The first-order chi connectivity index (χ1) is 6.16. The molecule has 0 atom stereocenters. The van der Waals surface area contributed by atoms with Crippen molar-refractivity contribution >= 4 is 33.2 Å². The summed E-state index contributed by atoms with van der Waals surface area (Å²) in [5.41, 5.74) is 0. The minimum atomic E-state index is 0.101. The zero-order valence-electron chi connectivity index (χ0n) is 7.71. The standard InChI is InChI=1S/C9H12BrNOS/c1-3-5-11(2)9(12)8-7(10)4-6-13-8/h4,6H,3,5H2,1-2H3. The number of halogens is 1. The molecule has 0 saturated carbocycles. The first kappa shape index (κ1) is 10.7. The molecule has 72 valence electrons. The van der Waals surface area contributed by atoms with Crippen LogP contribution in [0.2, 0.25) is 0 Å². The highest BCUT2D eigenvalue weighted by Gasteiger charge is 2.14. The molecule has 1 aromatic rings. The molecule has 4 heteroatoms. The van der Waals surface area contributed by atoms with Crippen LogP contribution in [0.3, 0.4) is 0 Å². The second-order valence-electron chi connectivity index (χ2n) is 2.82. The summed E-state index contributed by atoms with van der Waals surface area (Å²) in [5.74, 6) is 0.101. The second kappa shape index (κ2) is 4.77. The smallest absolute Gasteiger partial charge is 0.264 e. The molecule has 0 spiro atoms. The predicted octanol–water partition coefficient (Wildman–Crippen LogP) is 2.99. The van der Waals surface area contributed by atoms with Crippen molar-refractivity contribution in [2.45, 2.75) is 13.3 Å². The van der Waals surface area contributed by atoms with E-state index in [0.717, 1.165) is 22.3 Å². The quantitative estimate of drug-likeness (QED) is 0.820. The average molecular weight is 262 g/mol. The third-order valence-corrected chi connectivity index (χ3v) is 3.54. The highest BCUT2D eigenvalue weighted by molar-refractivity contribution is 9.10. The van der Waals surface area contributed by atoms with Gasteiger partial charge in [0.05, 0.1) is 0 Å². The van der Waals surface area contributed by atoms with Gasteiger partial charge in [-0.25, -0.2) is 0 Å². The van der Waals surface area contributed by atoms with Gasteiger partial charge >= 0.3 is 0 Å². The number of rotatable bonds is 3. The van der Waals surface area contributed by atoms with E-state index in [2.05, 4.69) is 22.9 Å². The SMILES string of the molecule is CCCN(C)C(=O)c1sccc1Br. The molecule has 0 aliphatic carbocycles. The van der Waals surface area contributed by atoms with E-state index in [0.29, 0.717) is 0 Å². The molecular formula is C9H12BrNOS. The van der Waals surface area contributed by atoms with Crippen molar-refractivity contribution in [3.8, 4) is 0 Å². The number of carbonyl (C=O) groups is 1. The summed E-state index contributed by atoms with van der Waals surface area (Å²) in [6, 6.07) is 1.90. The molecule has 1 rings (SSSR count). The van der Waals surface area contributed by atoms with Gasteiger partial charge in [0.25, 0.3) is 5.91 Å². The number of carbonyl (C=O) groups excluding carboxylic acids is 1. The van der Waals surface area contributed by atoms with Gasteiger partial charge in [0.1, 0.15) is 4.88 Å². The number of amides is 1. The first-order valence-electron chi connectivity index (χ1n) is 4.15. The van der Waals surface area contributed by atoms with Crippen LogP contribution in [0.15, 0.2) is 15.9 Å². The molecule has 0 aromatic carbocycles. The second-order valence-corrected chi connectivity index (χ2v) is 4.59. The fourth-order valence-electron chi connectivity index (χ4n) is 1.06. The fourth-order valence-corrected chi connectivity index (χ4v) is 2.59. The van der Waals surface area contributed by atoms with Gasteiger partial charge in [-0.05, 0) is 33.8 Å². The lowest BCUT2D eigenvalue weighted by molar-refractivity contribution is 0.0799. The van der Waals surface area contributed by atoms with Crippen molar-refractivity contribution in [3.05, 3.63) is 20.8 Å². The van der Waals surface area contributed by atoms with E-state index < -0.39 is 0 Å². The van der Waals surface area contributed by atoms with Gasteiger partial charge in [-0.15, -0.1) is 11.3 Å². The van der Waals surface area contributed by atoms with Gasteiger partial charge in [-0.2, -0.15) is 0 Å². The Bertz CT molecular complexity index is 298. The third-order valence-electron chi connectivity index (χ3n) is 1.72. The molecular weight excluding hydrogens is 250 g/mol. The lowest BCUT2D eigenvalue weighted by Gasteiger charge is -2.14. The largest absolute Gasteiger partial charge is 0.341 e. The maximum atomic E-state index is 11.7. The Hall–Kier alpha value is -0.350. The Balaban J connectivity index is 2.73. The van der Waals surface area contributed by atoms with Gasteiger partial charge in [0.15, 0.2) is 0 Å². The maximum Gasteiger partial charge on any atom is 0.264 e. The van der Waals surface area contributed by atoms with E-state index >= 15 is 0 Å². The zero-order chi connectivity index (χ0) is 9.84. The van der Waals surface area contributed by atoms with Crippen molar-refractivity contribution in [2.75, 3.05) is 13.6 Å². The van der Waals surface area contributed by atoms with Crippen molar-refractivity contribution < 1.29 is 4.79 Å². The highest BCUT2D eigenvalue weighted by atomic mass is 79.9. The van der Waals surface area contributed by atoms with E-state index in [1.54, 1.807) is 4.90 Å². The third kappa shape index (κ3) is 2.54. The molecule has 0 unspecified atom stereocenters. The Morgan fingerprint density at radius 3 is 2.85 bits per heavy atom. The molecule has 0 radical (unpaired) electrons. The van der Waals surface area contributed by atoms with Gasteiger partial charge in [0.2, 0.25) is 0 Å². The molecule has 0 bridgehead atoms. The zero-order valence-corrected chi connectivity index (χ0v) is 10.1. The predicted molar refractivity (Wildman–Crippen MR) is 59.3 cm³/mol. The van der Waals surface area contributed by atoms with Gasteiger partial charge in [0, 0.05) is 18.1 Å². The van der Waals surface area contributed by atoms with Crippen molar-refractivity contribution in [1.29, 1.82) is 0 Å². The number of hydrogen-bond donors (Lipinski definition) is 0. The average Bonchev–Trinajstić information content (AvgIpc) is 2.50. The van der Waals surface area contributed by atoms with Crippen LogP contribution in [-0.4, -0.2) is 24.4 Å². The summed E-state index contributed by atoms with van der Waals surface area (Å²) in [4.78, 5) is 14.3. The summed E-state index contributed by atoms with van der Waals surface area (Å²) < 4.78 is 0.894. The highest BCUT2D eigenvalue weighted by Crippen LogP contribution is 2.23. The van der Waals surface area contributed by atoms with E-state index in [4.69, 9.17) is 0 Å². The first-order valence-corrected chi connectivity index (χ1v) is 5.82. The molecule has 0 fully saturated rings. The van der Waals surface area contributed by atoms with Crippen molar-refractivity contribution in [2.24, 2.45) is 0 Å². The van der Waals surface area contributed by atoms with Crippen molar-refractivity contribution in [3.63, 3.8) is 0 Å². The molecule has 0 aliphatic rings. The monoisotopic (exact) mass is 261 g/mol. The minimum absolute atomic E-state index is 0.101. The Kier molecular flexibility index (Phi) is 3.93. The molecule has 1 heterocycles. The van der Waals surface area contributed by atoms with Gasteiger partial charge in [-0.3, -0.25) is 4.79 Å². The molecule has 0 N–H and O–H groups in total. The molecule has 1 aromatic heterocycles. The Morgan fingerprint density at radius 1 is 1.69 bits per heavy atom. The maximum absolute atomic E-state index is 11.7. The number of thiophene rings is 1. The van der Waals surface area contributed by atoms with E-state index in [-0.39, 0.29) is 5.91 Å². The lowest BCUT2D eigenvalue weighted by Crippen LogP contribution is -2.26. The summed E-state index contributed by atoms with van der Waals surface area (Å²) >= 11 is 4.82. The van der Waals surface area contributed by atoms with Crippen LogP contribution in [0.25, 0.3) is 0 Å². The van der Waals surface area contributed by atoms with E-state index in [1.807, 2.05) is 18.5 Å². The summed E-state index contributed by atoms with van der Waals surface area (Å²) in [5, 5.41) is 1.91. The number of hydrogen-bond acceptors (Lipinski definition) is 2. The molecule has 0 saturated heterocycles. The van der Waals surface area contributed by atoms with Crippen LogP contribution in [0.1, 0.15) is 23.0 Å². The van der Waals surface area contributed by atoms with Crippen LogP contribution < -0.4 is 0 Å². The van der Waals surface area contributed by atoms with Crippen LogP contribution in [0, 0.1) is 0 Å². The van der Waals surface area contributed by atoms with Crippen LogP contribution >= 0.6 is 27.3 Å². The van der Waals surface area contributed by atoms with Crippen LogP contribution in [0.5, 0.6) is 0 Å². The van der Waals surface area contributed by atoms with Gasteiger partial charge < -0.3 is 4.90 Å². The minimum Gasteiger partial charge on any atom is -0.341 e. The van der Waals surface area contributed by atoms with Crippen LogP contribution in [0.4, 0.5) is 0 Å². The lowest BCUT2D eigenvalue weighted by atomic mass is 10.4. The molecule has 0 aliphatic heterocycles. The topological polar surface area (TPSA) is 20.3 Å². The van der Waals surface area contributed by atoms with E-state index in [1.165, 1.54) is 11.3 Å². The Morgan fingerprint density at radius 2 is 2.38 bits per heavy atom. The van der Waals surface area contributed by atoms with E-state index in [9.17, 15) is 4.79 Å². The molecule has 1 amide bonds. The Labute approximate surface area is 90.7 Å². The summed E-state index contributed by atoms with van der Waals surface area (Å²) in [6.07, 6.45) is 0.991.